The average Bonchev–Trinajstić information content (AvgIpc) is 2.15. The molecule has 0 bridgehead atoms. The highest BCUT2D eigenvalue weighted by atomic mass is 14.1. The zero-order chi connectivity index (χ0) is 10.8. The molecule has 0 heteroatoms. The molecule has 0 N–H and O–H groups in total. The van der Waals surface area contributed by atoms with Crippen molar-refractivity contribution >= 4 is 0 Å². The van der Waals surface area contributed by atoms with Crippen molar-refractivity contribution in [3.8, 4) is 0 Å². The normalized spacial score (nSPS) is 12.8. The summed E-state index contributed by atoms with van der Waals surface area (Å²) in [5.41, 5.74) is 1.39. The van der Waals surface area contributed by atoms with Gasteiger partial charge in [-0.1, -0.05) is 64.5 Å². The summed E-state index contributed by atoms with van der Waals surface area (Å²) < 4.78 is 0. The van der Waals surface area contributed by atoms with E-state index in [9.17, 15) is 0 Å². The number of allylic oxidation sites excluding steroid dienone is 1. The van der Waals surface area contributed by atoms with E-state index < -0.39 is 0 Å². The van der Waals surface area contributed by atoms with E-state index in [1.54, 1.807) is 0 Å². The van der Waals surface area contributed by atoms with Gasteiger partial charge in [0.15, 0.2) is 0 Å². The van der Waals surface area contributed by atoms with Crippen LogP contribution in [0.4, 0.5) is 0 Å². The molecule has 1 unspecified atom stereocenters. The molecule has 0 aromatic heterocycles. The lowest BCUT2D eigenvalue weighted by Gasteiger charge is -2.15. The first-order chi connectivity index (χ1) is 6.72. The van der Waals surface area contributed by atoms with Gasteiger partial charge in [0.25, 0.3) is 0 Å². The van der Waals surface area contributed by atoms with Crippen molar-refractivity contribution in [1.82, 2.24) is 0 Å². The predicted octanol–water partition coefficient (Wildman–Crippen LogP) is 5.34. The highest BCUT2D eigenvalue weighted by molar-refractivity contribution is 4.95. The molecule has 14 heavy (non-hydrogen) atoms. The maximum Gasteiger partial charge on any atom is -0.0209 e. The summed E-state index contributed by atoms with van der Waals surface area (Å²) in [6.07, 6.45) is 11.0. The molecular weight excluding hydrogens is 168 g/mol. The van der Waals surface area contributed by atoms with E-state index in [1.807, 2.05) is 0 Å². The van der Waals surface area contributed by atoms with Crippen LogP contribution in [-0.4, -0.2) is 0 Å². The molecule has 84 valence electrons. The van der Waals surface area contributed by atoms with Gasteiger partial charge in [0.05, 0.1) is 0 Å². The van der Waals surface area contributed by atoms with Gasteiger partial charge in [-0.25, -0.2) is 0 Å². The third-order valence-corrected chi connectivity index (χ3v) is 2.99. The molecule has 1 atom stereocenters. The van der Waals surface area contributed by atoms with Gasteiger partial charge in [0.1, 0.15) is 0 Å². The molecule has 0 aliphatic carbocycles. The van der Waals surface area contributed by atoms with Crippen LogP contribution >= 0.6 is 0 Å². The van der Waals surface area contributed by atoms with Gasteiger partial charge in [-0.05, 0) is 25.7 Å². The first-order valence-corrected chi connectivity index (χ1v) is 6.37. The zero-order valence-corrected chi connectivity index (χ0v) is 10.4. The molecule has 0 fully saturated rings. The Hall–Kier alpha value is -0.260. The fraction of sp³-hybridized carbons (Fsp3) is 0.857. The Bertz CT molecular complexity index is 135. The maximum absolute atomic E-state index is 4.09. The summed E-state index contributed by atoms with van der Waals surface area (Å²) in [7, 11) is 0. The summed E-state index contributed by atoms with van der Waals surface area (Å²) in [5.74, 6) is 0.793. The Kier molecular flexibility index (Phi) is 9.13. The predicted molar refractivity (Wildman–Crippen MR) is 66.6 cm³/mol. The van der Waals surface area contributed by atoms with Crippen LogP contribution in [0.25, 0.3) is 0 Å². The van der Waals surface area contributed by atoms with Crippen LogP contribution in [-0.2, 0) is 0 Å². The zero-order valence-electron chi connectivity index (χ0n) is 10.4. The van der Waals surface area contributed by atoms with Crippen LogP contribution in [0.15, 0.2) is 12.2 Å². The first-order valence-electron chi connectivity index (χ1n) is 6.37. The van der Waals surface area contributed by atoms with Crippen LogP contribution in [0.1, 0.15) is 72.1 Å². The second-order valence-electron chi connectivity index (χ2n) is 4.53. The van der Waals surface area contributed by atoms with E-state index >= 15 is 0 Å². The van der Waals surface area contributed by atoms with E-state index in [-0.39, 0.29) is 0 Å². The molecule has 0 aromatic carbocycles. The molecule has 0 heterocycles. The lowest BCUT2D eigenvalue weighted by atomic mass is 9.91. The van der Waals surface area contributed by atoms with Gasteiger partial charge in [0, 0.05) is 0 Å². The van der Waals surface area contributed by atoms with Crippen LogP contribution in [0.3, 0.4) is 0 Å². The molecule has 0 radical (unpaired) electrons. The fourth-order valence-corrected chi connectivity index (χ4v) is 1.98. The topological polar surface area (TPSA) is 0 Å². The number of hydrogen-bond acceptors (Lipinski definition) is 0. The van der Waals surface area contributed by atoms with Crippen molar-refractivity contribution in [2.24, 2.45) is 5.92 Å². The smallest absolute Gasteiger partial charge is 0.0209 e. The summed E-state index contributed by atoms with van der Waals surface area (Å²) in [5, 5.41) is 0. The Labute approximate surface area is 90.8 Å². The molecule has 0 amide bonds. The fourth-order valence-electron chi connectivity index (χ4n) is 1.98. The van der Waals surface area contributed by atoms with E-state index in [4.69, 9.17) is 0 Å². The molecule has 0 spiro atoms. The van der Waals surface area contributed by atoms with Gasteiger partial charge >= 0.3 is 0 Å². The minimum Gasteiger partial charge on any atom is -0.0999 e. The molecule has 0 aliphatic rings. The van der Waals surface area contributed by atoms with Gasteiger partial charge < -0.3 is 0 Å². The highest BCUT2D eigenvalue weighted by Crippen LogP contribution is 2.22. The number of hydrogen-bond donors (Lipinski definition) is 0. The maximum atomic E-state index is 4.09. The van der Waals surface area contributed by atoms with Crippen LogP contribution in [0.5, 0.6) is 0 Å². The summed E-state index contributed by atoms with van der Waals surface area (Å²) >= 11 is 0. The van der Waals surface area contributed by atoms with E-state index in [2.05, 4.69) is 27.4 Å². The van der Waals surface area contributed by atoms with Gasteiger partial charge in [-0.2, -0.15) is 0 Å². The Morgan fingerprint density at radius 2 is 1.57 bits per heavy atom. The SMILES string of the molecule is C=C(C)C(CCC)CCCCCCC. The van der Waals surface area contributed by atoms with Gasteiger partial charge in [-0.15, -0.1) is 0 Å². The Morgan fingerprint density at radius 3 is 2.07 bits per heavy atom. The number of unbranched alkanes of at least 4 members (excludes halogenated alkanes) is 4. The minimum atomic E-state index is 0.793. The van der Waals surface area contributed by atoms with Gasteiger partial charge in [-0.3, -0.25) is 0 Å². The monoisotopic (exact) mass is 196 g/mol. The molecule has 0 nitrogen and oxygen atoms in total. The van der Waals surface area contributed by atoms with Crippen LogP contribution in [0.2, 0.25) is 0 Å². The first kappa shape index (κ1) is 13.7. The van der Waals surface area contributed by atoms with E-state index in [0.29, 0.717) is 0 Å². The van der Waals surface area contributed by atoms with Crippen molar-refractivity contribution in [2.75, 3.05) is 0 Å². The van der Waals surface area contributed by atoms with Crippen LogP contribution in [0, 0.1) is 5.92 Å². The third-order valence-electron chi connectivity index (χ3n) is 2.99. The lowest BCUT2D eigenvalue weighted by molar-refractivity contribution is 0.473. The molecule has 0 aromatic rings. The largest absolute Gasteiger partial charge is 0.0999 e. The Balaban J connectivity index is 3.46. The van der Waals surface area contributed by atoms with Crippen molar-refractivity contribution in [1.29, 1.82) is 0 Å². The lowest BCUT2D eigenvalue weighted by Crippen LogP contribution is -2.00. The minimum absolute atomic E-state index is 0.793. The standard InChI is InChI=1S/C14H28/c1-5-7-8-9-10-12-14(11-6-2)13(3)4/h14H,3,5-12H2,1-2,4H3. The molecular formula is C14H28. The highest BCUT2D eigenvalue weighted by Gasteiger charge is 2.07. The quantitative estimate of drug-likeness (QED) is 0.345. The van der Waals surface area contributed by atoms with Crippen molar-refractivity contribution < 1.29 is 0 Å². The molecule has 0 saturated heterocycles. The summed E-state index contributed by atoms with van der Waals surface area (Å²) in [4.78, 5) is 0. The van der Waals surface area contributed by atoms with Crippen molar-refractivity contribution in [3.05, 3.63) is 12.2 Å². The van der Waals surface area contributed by atoms with E-state index in [1.165, 1.54) is 56.9 Å². The van der Waals surface area contributed by atoms with E-state index in [0.717, 1.165) is 5.92 Å². The molecule has 0 saturated carbocycles. The molecule has 0 rings (SSSR count). The molecule has 0 aliphatic heterocycles. The van der Waals surface area contributed by atoms with Crippen molar-refractivity contribution in [3.63, 3.8) is 0 Å². The second-order valence-corrected chi connectivity index (χ2v) is 4.53. The average molecular weight is 196 g/mol. The van der Waals surface area contributed by atoms with Gasteiger partial charge in [0.2, 0.25) is 0 Å². The third kappa shape index (κ3) is 7.17. The van der Waals surface area contributed by atoms with Crippen molar-refractivity contribution in [2.45, 2.75) is 72.1 Å². The summed E-state index contributed by atoms with van der Waals surface area (Å²) in [6.45, 7) is 10.8. The second kappa shape index (κ2) is 9.30. The number of rotatable bonds is 9. The Morgan fingerprint density at radius 1 is 0.929 bits per heavy atom. The van der Waals surface area contributed by atoms with Crippen LogP contribution < -0.4 is 0 Å². The summed E-state index contributed by atoms with van der Waals surface area (Å²) in [6, 6.07) is 0.